The van der Waals surface area contributed by atoms with E-state index < -0.39 is 24.4 Å². The lowest BCUT2D eigenvalue weighted by molar-refractivity contribution is -0.00627. The molecule has 0 spiro atoms. The summed E-state index contributed by atoms with van der Waals surface area (Å²) in [7, 11) is 0. The molecule has 1 aliphatic carbocycles. The Balaban J connectivity index is 2.69. The van der Waals surface area contributed by atoms with Crippen molar-refractivity contribution in [2.45, 2.75) is 24.4 Å². The van der Waals surface area contributed by atoms with E-state index in [0.717, 1.165) is 0 Å². The van der Waals surface area contributed by atoms with Crippen molar-refractivity contribution in [3.8, 4) is 0 Å². The van der Waals surface area contributed by atoms with E-state index in [0.29, 0.717) is 0 Å². The van der Waals surface area contributed by atoms with E-state index in [1.807, 2.05) is 0 Å². The van der Waals surface area contributed by atoms with Crippen LogP contribution in [-0.4, -0.2) is 39.7 Å². The van der Waals surface area contributed by atoms with Crippen molar-refractivity contribution in [1.82, 2.24) is 0 Å². The lowest BCUT2D eigenvalue weighted by atomic mass is 9.95. The molecule has 4 heteroatoms. The van der Waals surface area contributed by atoms with Crippen molar-refractivity contribution >= 4 is 0 Å². The monoisotopic (exact) mass is 145 g/mol. The van der Waals surface area contributed by atoms with E-state index in [1.54, 1.807) is 0 Å². The molecule has 58 valence electrons. The van der Waals surface area contributed by atoms with Gasteiger partial charge in [-0.1, -0.05) is 12.2 Å². The van der Waals surface area contributed by atoms with Crippen LogP contribution in [0.15, 0.2) is 12.2 Å². The summed E-state index contributed by atoms with van der Waals surface area (Å²) in [6, 6.07) is -0.778. The van der Waals surface area contributed by atoms with Gasteiger partial charge in [-0.2, -0.15) is 0 Å². The van der Waals surface area contributed by atoms with Gasteiger partial charge < -0.3 is 21.1 Å². The van der Waals surface area contributed by atoms with Gasteiger partial charge in [-0.3, -0.25) is 0 Å². The molecule has 0 aromatic carbocycles. The van der Waals surface area contributed by atoms with E-state index in [-0.39, 0.29) is 0 Å². The number of aliphatic hydroxyl groups is 3. The van der Waals surface area contributed by atoms with Crippen LogP contribution >= 0.6 is 0 Å². The Hall–Kier alpha value is -0.420. The highest BCUT2D eigenvalue weighted by atomic mass is 16.3. The Morgan fingerprint density at radius 3 is 2.00 bits per heavy atom. The number of rotatable bonds is 0. The molecule has 0 amide bonds. The average molecular weight is 145 g/mol. The van der Waals surface area contributed by atoms with Crippen molar-refractivity contribution in [1.29, 1.82) is 0 Å². The molecule has 0 heterocycles. The van der Waals surface area contributed by atoms with Crippen LogP contribution in [0.4, 0.5) is 0 Å². The third kappa shape index (κ3) is 1.19. The van der Waals surface area contributed by atoms with Gasteiger partial charge in [0, 0.05) is 0 Å². The Labute approximate surface area is 58.6 Å². The second-order valence-corrected chi connectivity index (χ2v) is 2.43. The van der Waals surface area contributed by atoms with Gasteiger partial charge >= 0.3 is 0 Å². The van der Waals surface area contributed by atoms with Crippen molar-refractivity contribution in [3.05, 3.63) is 12.2 Å². The molecule has 0 aromatic heterocycles. The summed E-state index contributed by atoms with van der Waals surface area (Å²) in [4.78, 5) is 0. The van der Waals surface area contributed by atoms with Crippen LogP contribution in [0.1, 0.15) is 0 Å². The highest BCUT2D eigenvalue weighted by molar-refractivity contribution is 5.08. The summed E-state index contributed by atoms with van der Waals surface area (Å²) in [5, 5.41) is 27.0. The van der Waals surface area contributed by atoms with Gasteiger partial charge in [-0.05, 0) is 0 Å². The smallest absolute Gasteiger partial charge is 0.101 e. The lowest BCUT2D eigenvalue weighted by Crippen LogP contribution is -2.51. The minimum Gasteiger partial charge on any atom is -0.388 e. The lowest BCUT2D eigenvalue weighted by Gasteiger charge is -2.28. The summed E-state index contributed by atoms with van der Waals surface area (Å²) < 4.78 is 0. The molecule has 0 fully saturated rings. The Morgan fingerprint density at radius 2 is 1.50 bits per heavy atom. The third-order valence-corrected chi connectivity index (χ3v) is 1.64. The Morgan fingerprint density at radius 1 is 1.00 bits per heavy atom. The molecule has 0 aliphatic heterocycles. The minimum atomic E-state index is -1.06. The second-order valence-electron chi connectivity index (χ2n) is 2.43. The average Bonchev–Trinajstić information content (AvgIpc) is 1.93. The number of hydrogen-bond acceptors (Lipinski definition) is 4. The number of aliphatic hydroxyl groups excluding tert-OH is 3. The van der Waals surface area contributed by atoms with Crippen LogP contribution in [0.25, 0.3) is 0 Å². The number of hydrogen-bond donors (Lipinski definition) is 4. The number of nitrogens with two attached hydrogens (primary N) is 1. The van der Waals surface area contributed by atoms with Gasteiger partial charge in [0.15, 0.2) is 0 Å². The fraction of sp³-hybridized carbons (Fsp3) is 0.667. The first-order valence-corrected chi connectivity index (χ1v) is 3.11. The van der Waals surface area contributed by atoms with E-state index in [1.165, 1.54) is 12.2 Å². The molecule has 5 N–H and O–H groups in total. The van der Waals surface area contributed by atoms with Gasteiger partial charge in [0.05, 0.1) is 18.2 Å². The predicted octanol–water partition coefficient (Wildman–Crippen LogP) is -2.03. The molecule has 10 heavy (non-hydrogen) atoms. The molecule has 4 atom stereocenters. The fourth-order valence-electron chi connectivity index (χ4n) is 0.900. The maximum Gasteiger partial charge on any atom is 0.101 e. The molecule has 0 bridgehead atoms. The van der Waals surface area contributed by atoms with Crippen LogP contribution in [-0.2, 0) is 0 Å². The van der Waals surface area contributed by atoms with Gasteiger partial charge in [-0.25, -0.2) is 0 Å². The standard InChI is InChI=1S/C6H11NO3/c7-5-3(8)1-2-4(9)6(5)10/h1-6,8-10H,7H2/t3-,4-,5+,6+/m1/s1. The zero-order valence-electron chi connectivity index (χ0n) is 5.38. The largest absolute Gasteiger partial charge is 0.388 e. The SMILES string of the molecule is N[C@@H]1[C@@H](O)[C@H](O)C=C[C@H]1O. The van der Waals surface area contributed by atoms with Gasteiger partial charge in [0.1, 0.15) is 6.10 Å². The van der Waals surface area contributed by atoms with E-state index in [4.69, 9.17) is 21.1 Å². The summed E-state index contributed by atoms with van der Waals surface area (Å²) in [5.74, 6) is 0. The predicted molar refractivity (Wildman–Crippen MR) is 35.1 cm³/mol. The van der Waals surface area contributed by atoms with Crippen LogP contribution in [0.5, 0.6) is 0 Å². The zero-order chi connectivity index (χ0) is 7.72. The third-order valence-electron chi connectivity index (χ3n) is 1.64. The maximum absolute atomic E-state index is 9.03. The first-order valence-electron chi connectivity index (χ1n) is 3.11. The molecule has 0 radical (unpaired) electrons. The normalized spacial score (nSPS) is 47.6. The molecule has 0 saturated heterocycles. The van der Waals surface area contributed by atoms with Gasteiger partial charge in [0.25, 0.3) is 0 Å². The summed E-state index contributed by atoms with van der Waals surface area (Å²) in [6.45, 7) is 0. The Bertz CT molecular complexity index is 132. The summed E-state index contributed by atoms with van der Waals surface area (Å²) in [5.41, 5.74) is 5.30. The van der Waals surface area contributed by atoms with Crippen molar-refractivity contribution < 1.29 is 15.3 Å². The summed E-state index contributed by atoms with van der Waals surface area (Å²) in [6.07, 6.45) is -0.141. The van der Waals surface area contributed by atoms with E-state index >= 15 is 0 Å². The molecule has 0 saturated carbocycles. The fourth-order valence-corrected chi connectivity index (χ4v) is 0.900. The first-order chi connectivity index (χ1) is 4.63. The highest BCUT2D eigenvalue weighted by Gasteiger charge is 2.29. The molecular formula is C6H11NO3. The minimum absolute atomic E-state index is 0.778. The van der Waals surface area contributed by atoms with Crippen molar-refractivity contribution in [2.24, 2.45) is 5.73 Å². The molecule has 4 nitrogen and oxygen atoms in total. The van der Waals surface area contributed by atoms with Crippen molar-refractivity contribution in [2.75, 3.05) is 0 Å². The van der Waals surface area contributed by atoms with Crippen molar-refractivity contribution in [3.63, 3.8) is 0 Å². The molecule has 0 aromatic rings. The Kier molecular flexibility index (Phi) is 2.05. The zero-order valence-corrected chi connectivity index (χ0v) is 5.38. The van der Waals surface area contributed by atoms with E-state index in [2.05, 4.69) is 0 Å². The van der Waals surface area contributed by atoms with Crippen LogP contribution < -0.4 is 5.73 Å². The van der Waals surface area contributed by atoms with Gasteiger partial charge in [0.2, 0.25) is 0 Å². The molecule has 1 rings (SSSR count). The maximum atomic E-state index is 9.03. The molecule has 0 unspecified atom stereocenters. The quantitative estimate of drug-likeness (QED) is 0.296. The highest BCUT2D eigenvalue weighted by Crippen LogP contribution is 2.10. The first kappa shape index (κ1) is 7.68. The summed E-state index contributed by atoms with van der Waals surface area (Å²) >= 11 is 0. The second kappa shape index (κ2) is 2.67. The van der Waals surface area contributed by atoms with Crippen LogP contribution in [0, 0.1) is 0 Å². The molecular weight excluding hydrogens is 134 g/mol. The molecule has 1 aliphatic rings. The topological polar surface area (TPSA) is 86.7 Å². The van der Waals surface area contributed by atoms with Gasteiger partial charge in [-0.15, -0.1) is 0 Å². The van der Waals surface area contributed by atoms with Crippen LogP contribution in [0.3, 0.4) is 0 Å². The van der Waals surface area contributed by atoms with E-state index in [9.17, 15) is 0 Å². The van der Waals surface area contributed by atoms with Crippen LogP contribution in [0.2, 0.25) is 0 Å².